The molecule has 1 aliphatic rings. The van der Waals surface area contributed by atoms with Gasteiger partial charge in [-0.15, -0.1) is 0 Å². The molecule has 0 N–H and O–H groups in total. The number of aromatic nitrogens is 2. The van der Waals surface area contributed by atoms with Crippen LogP contribution in [0.2, 0.25) is 0 Å². The van der Waals surface area contributed by atoms with Gasteiger partial charge in [-0.05, 0) is 19.1 Å². The predicted molar refractivity (Wildman–Crippen MR) is 103 cm³/mol. The molecular weight excluding hydrogens is 364 g/mol. The largest absolute Gasteiger partial charge is 0.334 e. The Kier molecular flexibility index (Phi) is 6.08. The highest BCUT2D eigenvalue weighted by molar-refractivity contribution is 7.89. The topological polar surface area (TPSA) is 75.5 Å². The lowest BCUT2D eigenvalue weighted by Crippen LogP contribution is -2.49. The minimum absolute atomic E-state index is 0.0725. The number of aryl methyl sites for hydroxylation is 1. The first kappa shape index (κ1) is 19.7. The monoisotopic (exact) mass is 390 g/mol. The van der Waals surface area contributed by atoms with Gasteiger partial charge >= 0.3 is 0 Å². The predicted octanol–water partition coefficient (Wildman–Crippen LogP) is 1.65. The Morgan fingerprint density at radius 2 is 1.74 bits per heavy atom. The summed E-state index contributed by atoms with van der Waals surface area (Å²) in [6, 6.07) is 6.18. The fourth-order valence-corrected chi connectivity index (χ4v) is 4.73. The van der Waals surface area contributed by atoms with Gasteiger partial charge in [-0.25, -0.2) is 13.4 Å². The number of hydrogen-bond acceptors (Lipinski definition) is 5. The van der Waals surface area contributed by atoms with Crippen molar-refractivity contribution in [2.24, 2.45) is 0 Å². The number of Topliss-reactive ketones (excluding diaryl/α,β-unsaturated/α-hetero) is 1. The Hall–Kier alpha value is -2.03. The average Bonchev–Trinajstić information content (AvgIpc) is 3.14. The van der Waals surface area contributed by atoms with Gasteiger partial charge in [0.05, 0.1) is 4.90 Å². The zero-order valence-electron chi connectivity index (χ0n) is 15.8. The third kappa shape index (κ3) is 4.45. The molecule has 8 heteroatoms. The minimum Gasteiger partial charge on any atom is -0.334 e. The van der Waals surface area contributed by atoms with Crippen molar-refractivity contribution in [1.29, 1.82) is 0 Å². The maximum atomic E-state index is 12.8. The summed E-state index contributed by atoms with van der Waals surface area (Å²) >= 11 is 0. The molecule has 1 saturated heterocycles. The number of benzene rings is 1. The van der Waals surface area contributed by atoms with Crippen molar-refractivity contribution in [1.82, 2.24) is 18.8 Å². The second-order valence-corrected chi connectivity index (χ2v) is 8.65. The summed E-state index contributed by atoms with van der Waals surface area (Å²) in [7, 11) is -3.52. The van der Waals surface area contributed by atoms with Gasteiger partial charge in [0.1, 0.15) is 5.82 Å². The SMILES string of the molecule is CCc1nccn1CCN1CCN(S(=O)(=O)c2ccc(C(C)=O)cc2)CC1. The molecule has 1 aromatic carbocycles. The zero-order valence-corrected chi connectivity index (χ0v) is 16.7. The second-order valence-electron chi connectivity index (χ2n) is 6.72. The van der Waals surface area contributed by atoms with Gasteiger partial charge in [0, 0.05) is 63.6 Å². The molecule has 0 radical (unpaired) electrons. The highest BCUT2D eigenvalue weighted by Gasteiger charge is 2.28. The quantitative estimate of drug-likeness (QED) is 0.672. The third-order valence-electron chi connectivity index (χ3n) is 5.00. The van der Waals surface area contributed by atoms with E-state index in [4.69, 9.17) is 0 Å². The van der Waals surface area contributed by atoms with Crippen LogP contribution in [-0.2, 0) is 23.0 Å². The maximum Gasteiger partial charge on any atom is 0.243 e. The van der Waals surface area contributed by atoms with Crippen LogP contribution in [-0.4, -0.2) is 65.7 Å². The molecule has 7 nitrogen and oxygen atoms in total. The van der Waals surface area contributed by atoms with E-state index in [1.165, 1.54) is 23.4 Å². The molecule has 1 fully saturated rings. The standard InChI is InChI=1S/C19H26N4O3S/c1-3-19-20-8-9-22(19)13-10-21-11-14-23(15-12-21)27(25,26)18-6-4-17(5-7-18)16(2)24/h4-9H,3,10-15H2,1-2H3. The molecule has 0 atom stereocenters. The number of rotatable bonds is 7. The van der Waals surface area contributed by atoms with E-state index in [0.717, 1.165) is 25.3 Å². The van der Waals surface area contributed by atoms with Crippen LogP contribution in [0.3, 0.4) is 0 Å². The van der Waals surface area contributed by atoms with Gasteiger partial charge < -0.3 is 4.57 Å². The Morgan fingerprint density at radius 3 is 2.33 bits per heavy atom. The van der Waals surface area contributed by atoms with Crippen molar-refractivity contribution in [3.05, 3.63) is 48.0 Å². The summed E-state index contributed by atoms with van der Waals surface area (Å²) in [5.74, 6) is 1.00. The van der Waals surface area contributed by atoms with Crippen molar-refractivity contribution in [2.45, 2.75) is 31.7 Å². The molecule has 0 amide bonds. The van der Waals surface area contributed by atoms with Crippen LogP contribution in [0.4, 0.5) is 0 Å². The van der Waals surface area contributed by atoms with E-state index in [1.807, 2.05) is 12.4 Å². The number of hydrogen-bond donors (Lipinski definition) is 0. The first-order chi connectivity index (χ1) is 12.9. The number of carbonyl (C=O) groups is 1. The lowest BCUT2D eigenvalue weighted by Gasteiger charge is -2.34. The Balaban J connectivity index is 1.57. The smallest absolute Gasteiger partial charge is 0.243 e. The summed E-state index contributed by atoms with van der Waals surface area (Å²) < 4.78 is 29.3. The summed E-state index contributed by atoms with van der Waals surface area (Å²) in [5, 5.41) is 0. The minimum atomic E-state index is -3.52. The number of sulfonamides is 1. The van der Waals surface area contributed by atoms with E-state index in [0.29, 0.717) is 31.7 Å². The highest BCUT2D eigenvalue weighted by atomic mass is 32.2. The summed E-state index contributed by atoms with van der Waals surface area (Å²) in [4.78, 5) is 18.2. The van der Waals surface area contributed by atoms with Crippen LogP contribution in [0.15, 0.2) is 41.6 Å². The van der Waals surface area contributed by atoms with Gasteiger partial charge in [0.25, 0.3) is 0 Å². The van der Waals surface area contributed by atoms with Crippen LogP contribution in [0.25, 0.3) is 0 Å². The van der Waals surface area contributed by atoms with E-state index in [9.17, 15) is 13.2 Å². The number of nitrogens with zero attached hydrogens (tertiary/aromatic N) is 4. The van der Waals surface area contributed by atoms with E-state index in [2.05, 4.69) is 21.4 Å². The molecule has 0 bridgehead atoms. The van der Waals surface area contributed by atoms with E-state index in [1.54, 1.807) is 12.1 Å². The van der Waals surface area contributed by atoms with Crippen molar-refractivity contribution in [3.63, 3.8) is 0 Å². The van der Waals surface area contributed by atoms with Gasteiger partial charge in [-0.1, -0.05) is 19.1 Å². The van der Waals surface area contributed by atoms with Gasteiger partial charge in [0.15, 0.2) is 5.78 Å². The van der Waals surface area contributed by atoms with Crippen LogP contribution in [0.5, 0.6) is 0 Å². The molecule has 1 aromatic heterocycles. The van der Waals surface area contributed by atoms with Crippen molar-refractivity contribution >= 4 is 15.8 Å². The molecule has 3 rings (SSSR count). The molecule has 0 unspecified atom stereocenters. The van der Waals surface area contributed by atoms with Gasteiger partial charge in [-0.3, -0.25) is 9.69 Å². The zero-order chi connectivity index (χ0) is 19.4. The van der Waals surface area contributed by atoms with Gasteiger partial charge in [0.2, 0.25) is 10.0 Å². The number of imidazole rings is 1. The first-order valence-corrected chi connectivity index (χ1v) is 10.7. The fourth-order valence-electron chi connectivity index (χ4n) is 3.31. The van der Waals surface area contributed by atoms with Crippen molar-refractivity contribution < 1.29 is 13.2 Å². The third-order valence-corrected chi connectivity index (χ3v) is 6.92. The molecule has 0 spiro atoms. The Bertz CT molecular complexity index is 882. The van der Waals surface area contributed by atoms with Crippen LogP contribution in [0, 0.1) is 0 Å². The maximum absolute atomic E-state index is 12.8. The van der Waals surface area contributed by atoms with Crippen LogP contribution in [0.1, 0.15) is 30.0 Å². The number of carbonyl (C=O) groups excluding carboxylic acids is 1. The molecular formula is C19H26N4O3S. The number of piperazine rings is 1. The van der Waals surface area contributed by atoms with Crippen molar-refractivity contribution in [3.8, 4) is 0 Å². The van der Waals surface area contributed by atoms with Crippen LogP contribution >= 0.6 is 0 Å². The van der Waals surface area contributed by atoms with E-state index < -0.39 is 10.0 Å². The molecule has 0 saturated carbocycles. The van der Waals surface area contributed by atoms with E-state index in [-0.39, 0.29) is 10.7 Å². The molecule has 1 aliphatic heterocycles. The molecule has 2 aromatic rings. The van der Waals surface area contributed by atoms with Gasteiger partial charge in [-0.2, -0.15) is 4.31 Å². The fraction of sp³-hybridized carbons (Fsp3) is 0.474. The molecule has 2 heterocycles. The molecule has 0 aliphatic carbocycles. The molecule has 146 valence electrons. The number of ketones is 1. The van der Waals surface area contributed by atoms with Crippen LogP contribution < -0.4 is 0 Å². The Morgan fingerprint density at radius 1 is 1.07 bits per heavy atom. The first-order valence-electron chi connectivity index (χ1n) is 9.25. The highest BCUT2D eigenvalue weighted by Crippen LogP contribution is 2.18. The second kappa shape index (κ2) is 8.33. The average molecular weight is 391 g/mol. The summed E-state index contributed by atoms with van der Waals surface area (Å²) in [6.07, 6.45) is 4.71. The van der Waals surface area contributed by atoms with Crippen molar-refractivity contribution in [2.75, 3.05) is 32.7 Å². The summed E-state index contributed by atoms with van der Waals surface area (Å²) in [6.45, 7) is 7.67. The Labute approximate surface area is 160 Å². The lowest BCUT2D eigenvalue weighted by atomic mass is 10.2. The normalized spacial score (nSPS) is 16.5. The molecule has 27 heavy (non-hydrogen) atoms. The summed E-state index contributed by atoms with van der Waals surface area (Å²) in [5.41, 5.74) is 0.518. The lowest BCUT2D eigenvalue weighted by molar-refractivity contribution is 0.101. The van der Waals surface area contributed by atoms with E-state index >= 15 is 0 Å².